The summed E-state index contributed by atoms with van der Waals surface area (Å²) in [4.78, 5) is 22.8. The predicted molar refractivity (Wildman–Crippen MR) is 68.2 cm³/mol. The first-order valence-corrected chi connectivity index (χ1v) is 5.66. The van der Waals surface area contributed by atoms with Crippen molar-refractivity contribution < 1.29 is 14.8 Å². The van der Waals surface area contributed by atoms with Gasteiger partial charge in [-0.3, -0.25) is 10.1 Å². The van der Waals surface area contributed by atoms with Crippen LogP contribution >= 0.6 is 11.6 Å². The van der Waals surface area contributed by atoms with E-state index in [4.69, 9.17) is 16.7 Å². The molecular formula is C11H13ClN2O4. The molecule has 0 amide bonds. The Hall–Kier alpha value is -1.82. The molecule has 0 spiro atoms. The number of hydrogen-bond acceptors (Lipinski definition) is 4. The Morgan fingerprint density at radius 2 is 2.22 bits per heavy atom. The lowest BCUT2D eigenvalue weighted by Crippen LogP contribution is -2.38. The van der Waals surface area contributed by atoms with Gasteiger partial charge in [-0.1, -0.05) is 24.6 Å². The van der Waals surface area contributed by atoms with Gasteiger partial charge < -0.3 is 10.0 Å². The lowest BCUT2D eigenvalue weighted by molar-refractivity contribution is -0.384. The minimum Gasteiger partial charge on any atom is -0.480 e. The summed E-state index contributed by atoms with van der Waals surface area (Å²) in [5.74, 6) is -1.03. The van der Waals surface area contributed by atoms with Crippen LogP contribution in [0.4, 0.5) is 11.4 Å². The first-order valence-electron chi connectivity index (χ1n) is 5.28. The van der Waals surface area contributed by atoms with Gasteiger partial charge in [0.15, 0.2) is 0 Å². The molecule has 6 nitrogen and oxygen atoms in total. The molecule has 18 heavy (non-hydrogen) atoms. The summed E-state index contributed by atoms with van der Waals surface area (Å²) >= 11 is 5.78. The highest BCUT2D eigenvalue weighted by Crippen LogP contribution is 2.35. The Kier molecular flexibility index (Phi) is 4.49. The van der Waals surface area contributed by atoms with Gasteiger partial charge >= 0.3 is 11.7 Å². The second-order valence-corrected chi connectivity index (χ2v) is 4.15. The summed E-state index contributed by atoms with van der Waals surface area (Å²) in [5, 5.41) is 20.0. The summed E-state index contributed by atoms with van der Waals surface area (Å²) in [6, 6.07) is 3.60. The molecule has 0 bridgehead atoms. The molecule has 1 N–H and O–H groups in total. The standard InChI is InChI=1S/C11H13ClN2O4/c1-3-8(11(15)16)13(2)9-6-4-5-7(12)10(9)14(17)18/h4-6,8H,3H2,1-2H3,(H,15,16). The zero-order valence-electron chi connectivity index (χ0n) is 9.96. The van der Waals surface area contributed by atoms with Crippen LogP contribution in [-0.4, -0.2) is 29.1 Å². The van der Waals surface area contributed by atoms with E-state index in [0.29, 0.717) is 6.42 Å². The highest BCUT2D eigenvalue weighted by molar-refractivity contribution is 6.33. The molecule has 1 aromatic rings. The van der Waals surface area contributed by atoms with Gasteiger partial charge in [0.1, 0.15) is 16.8 Å². The zero-order valence-corrected chi connectivity index (χ0v) is 10.7. The highest BCUT2D eigenvalue weighted by Gasteiger charge is 2.28. The van der Waals surface area contributed by atoms with Crippen molar-refractivity contribution in [2.75, 3.05) is 11.9 Å². The fourth-order valence-corrected chi connectivity index (χ4v) is 1.99. The van der Waals surface area contributed by atoms with Crippen LogP contribution in [0.15, 0.2) is 18.2 Å². The zero-order chi connectivity index (χ0) is 13.9. The molecular weight excluding hydrogens is 260 g/mol. The fourth-order valence-electron chi connectivity index (χ4n) is 1.75. The van der Waals surface area contributed by atoms with E-state index in [2.05, 4.69) is 0 Å². The van der Waals surface area contributed by atoms with E-state index < -0.39 is 16.9 Å². The summed E-state index contributed by atoms with van der Waals surface area (Å²) in [6.07, 6.45) is 0.329. The van der Waals surface area contributed by atoms with Gasteiger partial charge in [-0.25, -0.2) is 4.79 Å². The van der Waals surface area contributed by atoms with Crippen molar-refractivity contribution in [2.45, 2.75) is 19.4 Å². The van der Waals surface area contributed by atoms with Crippen molar-refractivity contribution in [3.05, 3.63) is 33.3 Å². The van der Waals surface area contributed by atoms with Crippen LogP contribution in [0.25, 0.3) is 0 Å². The number of anilines is 1. The number of carboxylic acid groups (broad SMARTS) is 1. The Morgan fingerprint density at radius 1 is 1.61 bits per heavy atom. The molecule has 1 atom stereocenters. The molecule has 0 saturated carbocycles. The van der Waals surface area contributed by atoms with E-state index in [-0.39, 0.29) is 16.4 Å². The maximum absolute atomic E-state index is 11.1. The molecule has 0 fully saturated rings. The summed E-state index contributed by atoms with van der Waals surface area (Å²) in [6.45, 7) is 1.70. The number of aliphatic carboxylic acids is 1. The molecule has 7 heteroatoms. The van der Waals surface area contributed by atoms with Crippen LogP contribution in [0.3, 0.4) is 0 Å². The van der Waals surface area contributed by atoms with Gasteiger partial charge in [0.2, 0.25) is 0 Å². The van der Waals surface area contributed by atoms with E-state index in [0.717, 1.165) is 0 Å². The van der Waals surface area contributed by atoms with E-state index in [1.54, 1.807) is 13.0 Å². The average Bonchev–Trinajstić information content (AvgIpc) is 2.28. The second kappa shape index (κ2) is 5.68. The van der Waals surface area contributed by atoms with Gasteiger partial charge in [-0.2, -0.15) is 0 Å². The molecule has 0 aromatic heterocycles. The van der Waals surface area contributed by atoms with Gasteiger partial charge in [0.05, 0.1) is 4.92 Å². The number of nitro benzene ring substituents is 1. The monoisotopic (exact) mass is 272 g/mol. The molecule has 98 valence electrons. The third-order valence-electron chi connectivity index (χ3n) is 2.67. The number of para-hydroxylation sites is 1. The van der Waals surface area contributed by atoms with Gasteiger partial charge in [-0.05, 0) is 18.6 Å². The number of carboxylic acids is 1. The first kappa shape index (κ1) is 14.2. The number of halogens is 1. The SMILES string of the molecule is CCC(C(=O)O)N(C)c1cccc(Cl)c1[N+](=O)[O-]. The number of carbonyl (C=O) groups is 1. The van der Waals surface area contributed by atoms with E-state index in [1.807, 2.05) is 0 Å². The van der Waals surface area contributed by atoms with E-state index >= 15 is 0 Å². The maximum Gasteiger partial charge on any atom is 0.326 e. The molecule has 1 rings (SSSR count). The van der Waals surface area contributed by atoms with Crippen molar-refractivity contribution in [2.24, 2.45) is 0 Å². The van der Waals surface area contributed by atoms with Crippen LogP contribution in [0.5, 0.6) is 0 Å². The van der Waals surface area contributed by atoms with Crippen molar-refractivity contribution in [1.29, 1.82) is 0 Å². The summed E-state index contributed by atoms with van der Waals surface area (Å²) < 4.78 is 0. The number of hydrogen-bond donors (Lipinski definition) is 1. The minimum absolute atomic E-state index is 0.00964. The first-order chi connectivity index (χ1) is 8.40. The van der Waals surface area contributed by atoms with Gasteiger partial charge in [-0.15, -0.1) is 0 Å². The highest BCUT2D eigenvalue weighted by atomic mass is 35.5. The Labute approximate surface area is 109 Å². The summed E-state index contributed by atoms with van der Waals surface area (Å²) in [7, 11) is 1.50. The number of nitro groups is 1. The maximum atomic E-state index is 11.1. The Morgan fingerprint density at radius 3 is 2.67 bits per heavy atom. The smallest absolute Gasteiger partial charge is 0.326 e. The third kappa shape index (κ3) is 2.70. The molecule has 0 aliphatic rings. The lowest BCUT2D eigenvalue weighted by Gasteiger charge is -2.25. The molecule has 1 aromatic carbocycles. The van der Waals surface area contributed by atoms with Crippen molar-refractivity contribution in [1.82, 2.24) is 0 Å². The van der Waals surface area contributed by atoms with Crippen LogP contribution < -0.4 is 4.90 Å². The van der Waals surface area contributed by atoms with Crippen molar-refractivity contribution in [3.63, 3.8) is 0 Å². The molecule has 0 radical (unpaired) electrons. The topological polar surface area (TPSA) is 83.7 Å². The van der Waals surface area contributed by atoms with Crippen molar-refractivity contribution >= 4 is 28.9 Å². The Balaban J connectivity index is 3.28. The number of benzene rings is 1. The molecule has 0 heterocycles. The molecule has 0 aliphatic heterocycles. The second-order valence-electron chi connectivity index (χ2n) is 3.74. The third-order valence-corrected chi connectivity index (χ3v) is 2.97. The molecule has 0 saturated heterocycles. The van der Waals surface area contributed by atoms with Crippen LogP contribution in [-0.2, 0) is 4.79 Å². The normalized spacial score (nSPS) is 11.9. The minimum atomic E-state index is -1.03. The number of nitrogens with zero attached hydrogens (tertiary/aromatic N) is 2. The van der Waals surface area contributed by atoms with Crippen LogP contribution in [0.2, 0.25) is 5.02 Å². The number of rotatable bonds is 5. The molecule has 1 unspecified atom stereocenters. The fraction of sp³-hybridized carbons (Fsp3) is 0.364. The van der Waals surface area contributed by atoms with E-state index in [1.165, 1.54) is 24.1 Å². The van der Waals surface area contributed by atoms with Crippen LogP contribution in [0, 0.1) is 10.1 Å². The van der Waals surface area contributed by atoms with Gasteiger partial charge in [0.25, 0.3) is 0 Å². The van der Waals surface area contributed by atoms with Gasteiger partial charge in [0, 0.05) is 7.05 Å². The van der Waals surface area contributed by atoms with E-state index in [9.17, 15) is 14.9 Å². The van der Waals surface area contributed by atoms with Crippen molar-refractivity contribution in [3.8, 4) is 0 Å². The average molecular weight is 273 g/mol. The lowest BCUT2D eigenvalue weighted by atomic mass is 10.1. The summed E-state index contributed by atoms with van der Waals surface area (Å²) in [5.41, 5.74) is -0.0804. The largest absolute Gasteiger partial charge is 0.480 e. The molecule has 0 aliphatic carbocycles. The van der Waals surface area contributed by atoms with Crippen LogP contribution in [0.1, 0.15) is 13.3 Å². The quantitative estimate of drug-likeness (QED) is 0.658. The number of likely N-dealkylation sites (N-methyl/N-ethyl adjacent to an activating group) is 1. The predicted octanol–water partition coefficient (Wildman–Crippen LogP) is 2.55. The Bertz CT molecular complexity index is 478.